The summed E-state index contributed by atoms with van der Waals surface area (Å²) >= 11 is 0. The summed E-state index contributed by atoms with van der Waals surface area (Å²) in [6.45, 7) is 3.59. The molecule has 1 atom stereocenters. The zero-order valence-corrected chi connectivity index (χ0v) is 12.2. The summed E-state index contributed by atoms with van der Waals surface area (Å²) in [4.78, 5) is 11.9. The number of hydrogen-bond donors (Lipinski definition) is 2. The Kier molecular flexibility index (Phi) is 4.99. The van der Waals surface area contributed by atoms with Crippen molar-refractivity contribution in [3.63, 3.8) is 0 Å². The zero-order chi connectivity index (χ0) is 14.5. The van der Waals surface area contributed by atoms with E-state index in [0.717, 1.165) is 18.4 Å². The molecule has 1 aliphatic carbocycles. The van der Waals surface area contributed by atoms with Gasteiger partial charge in [0.2, 0.25) is 0 Å². The topological polar surface area (TPSA) is 41.1 Å². The van der Waals surface area contributed by atoms with Gasteiger partial charge in [0, 0.05) is 6.04 Å². The number of benzene rings is 1. The predicted molar refractivity (Wildman–Crippen MR) is 78.1 cm³/mol. The van der Waals surface area contributed by atoms with Gasteiger partial charge in [0.1, 0.15) is 5.82 Å². The summed E-state index contributed by atoms with van der Waals surface area (Å²) in [5.74, 6) is -0.233. The van der Waals surface area contributed by atoms with Crippen LogP contribution in [0.5, 0.6) is 0 Å². The third-order valence-electron chi connectivity index (χ3n) is 3.98. The van der Waals surface area contributed by atoms with Gasteiger partial charge in [0.25, 0.3) is 0 Å². The first-order chi connectivity index (χ1) is 9.56. The molecule has 1 aliphatic rings. The molecule has 1 saturated carbocycles. The largest absolute Gasteiger partial charge is 0.335 e. The van der Waals surface area contributed by atoms with Crippen LogP contribution in [0.4, 0.5) is 9.18 Å². The SMILES string of the molecule is Cc1ccc(C(C)NC(=O)NC2CCCCC2)cc1F. The molecule has 0 spiro atoms. The number of halogens is 1. The molecule has 2 amide bonds. The number of carbonyl (C=O) groups excluding carboxylic acids is 1. The maximum atomic E-state index is 13.5. The van der Waals surface area contributed by atoms with Gasteiger partial charge >= 0.3 is 6.03 Å². The summed E-state index contributed by atoms with van der Waals surface area (Å²) in [5.41, 5.74) is 1.40. The lowest BCUT2D eigenvalue weighted by Crippen LogP contribution is -2.43. The van der Waals surface area contributed by atoms with E-state index in [1.807, 2.05) is 13.0 Å². The van der Waals surface area contributed by atoms with Gasteiger partial charge in [-0.3, -0.25) is 0 Å². The first-order valence-electron chi connectivity index (χ1n) is 7.39. The molecule has 0 aliphatic heterocycles. The number of carbonyl (C=O) groups is 1. The van der Waals surface area contributed by atoms with Gasteiger partial charge < -0.3 is 10.6 Å². The third-order valence-corrected chi connectivity index (χ3v) is 3.98. The lowest BCUT2D eigenvalue weighted by Gasteiger charge is -2.24. The molecule has 0 aromatic heterocycles. The number of amides is 2. The quantitative estimate of drug-likeness (QED) is 0.867. The highest BCUT2D eigenvalue weighted by Crippen LogP contribution is 2.18. The standard InChI is InChI=1S/C16H23FN2O/c1-11-8-9-13(10-15(11)17)12(2)18-16(20)19-14-6-4-3-5-7-14/h8-10,12,14H,3-7H2,1-2H3,(H2,18,19,20). The maximum Gasteiger partial charge on any atom is 0.315 e. The fourth-order valence-electron chi connectivity index (χ4n) is 2.63. The van der Waals surface area contributed by atoms with Crippen LogP contribution in [0.2, 0.25) is 0 Å². The van der Waals surface area contributed by atoms with Crippen LogP contribution in [0, 0.1) is 12.7 Å². The van der Waals surface area contributed by atoms with Crippen molar-refractivity contribution in [3.8, 4) is 0 Å². The van der Waals surface area contributed by atoms with E-state index < -0.39 is 0 Å². The number of nitrogens with one attached hydrogen (secondary N) is 2. The van der Waals surface area contributed by atoms with Gasteiger partial charge in [-0.1, -0.05) is 31.4 Å². The first kappa shape index (κ1) is 14.8. The van der Waals surface area contributed by atoms with Gasteiger partial charge in [0.15, 0.2) is 0 Å². The van der Waals surface area contributed by atoms with Crippen LogP contribution >= 0.6 is 0 Å². The Balaban J connectivity index is 1.87. The summed E-state index contributed by atoms with van der Waals surface area (Å²) in [6, 6.07) is 5.00. The lowest BCUT2D eigenvalue weighted by molar-refractivity contribution is 0.229. The van der Waals surface area contributed by atoms with Crippen molar-refractivity contribution in [2.75, 3.05) is 0 Å². The van der Waals surface area contributed by atoms with Crippen molar-refractivity contribution in [3.05, 3.63) is 35.1 Å². The Bertz CT molecular complexity index is 470. The van der Waals surface area contributed by atoms with Gasteiger partial charge in [-0.25, -0.2) is 9.18 Å². The van der Waals surface area contributed by atoms with E-state index >= 15 is 0 Å². The second-order valence-corrected chi connectivity index (χ2v) is 5.68. The molecule has 2 rings (SSSR count). The molecule has 4 heteroatoms. The summed E-state index contributed by atoms with van der Waals surface area (Å²) in [6.07, 6.45) is 5.74. The monoisotopic (exact) mass is 278 g/mol. The van der Waals surface area contributed by atoms with Gasteiger partial charge in [0.05, 0.1) is 6.04 Å². The molecular formula is C16H23FN2O. The molecule has 3 nitrogen and oxygen atoms in total. The molecule has 0 bridgehead atoms. The zero-order valence-electron chi connectivity index (χ0n) is 12.2. The van der Waals surface area contributed by atoms with Crippen LogP contribution in [0.25, 0.3) is 0 Å². The molecule has 20 heavy (non-hydrogen) atoms. The van der Waals surface area contributed by atoms with Crippen molar-refractivity contribution in [1.82, 2.24) is 10.6 Å². The minimum atomic E-state index is -0.233. The molecule has 0 heterocycles. The van der Waals surface area contributed by atoms with Crippen LogP contribution in [0.1, 0.15) is 56.2 Å². The molecule has 0 saturated heterocycles. The van der Waals surface area contributed by atoms with Crippen LogP contribution in [0.15, 0.2) is 18.2 Å². The minimum Gasteiger partial charge on any atom is -0.335 e. The van der Waals surface area contributed by atoms with Crippen LogP contribution in [0.3, 0.4) is 0 Å². The third kappa shape index (κ3) is 3.95. The van der Waals surface area contributed by atoms with E-state index in [4.69, 9.17) is 0 Å². The molecule has 110 valence electrons. The Morgan fingerprint density at radius 2 is 2.00 bits per heavy atom. The second-order valence-electron chi connectivity index (χ2n) is 5.68. The smallest absolute Gasteiger partial charge is 0.315 e. The highest BCUT2D eigenvalue weighted by molar-refractivity contribution is 5.74. The fraction of sp³-hybridized carbons (Fsp3) is 0.562. The Morgan fingerprint density at radius 3 is 2.65 bits per heavy atom. The van der Waals surface area contributed by atoms with Crippen LogP contribution in [-0.4, -0.2) is 12.1 Å². The molecule has 2 N–H and O–H groups in total. The van der Waals surface area contributed by atoms with Crippen LogP contribution in [-0.2, 0) is 0 Å². The van der Waals surface area contributed by atoms with E-state index in [1.165, 1.54) is 25.3 Å². The van der Waals surface area contributed by atoms with E-state index in [2.05, 4.69) is 10.6 Å². The Labute approximate surface area is 120 Å². The Hall–Kier alpha value is -1.58. The number of rotatable bonds is 3. The average Bonchev–Trinajstić information content (AvgIpc) is 2.42. The molecule has 1 unspecified atom stereocenters. The van der Waals surface area contributed by atoms with Crippen molar-refractivity contribution in [1.29, 1.82) is 0 Å². The molecule has 1 fully saturated rings. The van der Waals surface area contributed by atoms with Crippen LogP contribution < -0.4 is 10.6 Å². The first-order valence-corrected chi connectivity index (χ1v) is 7.39. The number of hydrogen-bond acceptors (Lipinski definition) is 1. The normalized spacial score (nSPS) is 17.6. The van der Waals surface area contributed by atoms with Crippen molar-refractivity contribution >= 4 is 6.03 Å². The van der Waals surface area contributed by atoms with E-state index in [1.54, 1.807) is 13.0 Å². The summed E-state index contributed by atoms with van der Waals surface area (Å²) in [5, 5.41) is 5.88. The van der Waals surface area contributed by atoms with E-state index in [0.29, 0.717) is 5.56 Å². The lowest BCUT2D eigenvalue weighted by atomic mass is 9.96. The van der Waals surface area contributed by atoms with Gasteiger partial charge in [-0.2, -0.15) is 0 Å². The molecular weight excluding hydrogens is 255 g/mol. The molecule has 1 aromatic carbocycles. The minimum absolute atomic E-state index is 0.162. The fourth-order valence-corrected chi connectivity index (χ4v) is 2.63. The maximum absolute atomic E-state index is 13.5. The van der Waals surface area contributed by atoms with Crippen molar-refractivity contribution in [2.24, 2.45) is 0 Å². The summed E-state index contributed by atoms with van der Waals surface area (Å²) < 4.78 is 13.5. The van der Waals surface area contributed by atoms with E-state index in [-0.39, 0.29) is 23.9 Å². The highest BCUT2D eigenvalue weighted by atomic mass is 19.1. The highest BCUT2D eigenvalue weighted by Gasteiger charge is 2.17. The van der Waals surface area contributed by atoms with Gasteiger partial charge in [-0.15, -0.1) is 0 Å². The van der Waals surface area contributed by atoms with E-state index in [9.17, 15) is 9.18 Å². The van der Waals surface area contributed by atoms with Gasteiger partial charge in [-0.05, 0) is 43.9 Å². The number of aryl methyl sites for hydroxylation is 1. The molecule has 1 aromatic rings. The molecule has 0 radical (unpaired) electrons. The average molecular weight is 278 g/mol. The van der Waals surface area contributed by atoms with Crippen molar-refractivity contribution < 1.29 is 9.18 Å². The summed E-state index contributed by atoms with van der Waals surface area (Å²) in [7, 11) is 0. The van der Waals surface area contributed by atoms with Crippen molar-refractivity contribution in [2.45, 2.75) is 58.0 Å². The second kappa shape index (κ2) is 6.73. The Morgan fingerprint density at radius 1 is 1.30 bits per heavy atom. The number of urea groups is 1. The predicted octanol–water partition coefficient (Wildman–Crippen LogP) is 3.83.